The van der Waals surface area contributed by atoms with E-state index in [1.54, 1.807) is 13.2 Å². The molecule has 0 spiro atoms. The standard InChI is InChI=1S/C20H23NO3/c1-15-6-3-4-9-18(15)19(22)10-11-20(23)21-13-12-16-7-5-8-17(14-16)24-2/h3-9,14H,10-13H2,1-2H3,(H,21,23). The van der Waals surface area contributed by atoms with Crippen LogP contribution in [0.1, 0.15) is 34.3 Å². The lowest BCUT2D eigenvalue weighted by Crippen LogP contribution is -2.26. The summed E-state index contributed by atoms with van der Waals surface area (Å²) < 4.78 is 5.17. The molecule has 2 aromatic carbocycles. The summed E-state index contributed by atoms with van der Waals surface area (Å²) in [6.45, 7) is 2.45. The zero-order chi connectivity index (χ0) is 17.4. The fourth-order valence-corrected chi connectivity index (χ4v) is 2.51. The fourth-order valence-electron chi connectivity index (χ4n) is 2.51. The second kappa shape index (κ2) is 8.87. The van der Waals surface area contributed by atoms with E-state index in [1.807, 2.05) is 49.4 Å². The van der Waals surface area contributed by atoms with Gasteiger partial charge in [0.2, 0.25) is 5.91 Å². The topological polar surface area (TPSA) is 55.4 Å². The first kappa shape index (κ1) is 17.7. The minimum absolute atomic E-state index is 0.0102. The third-order valence-electron chi connectivity index (χ3n) is 3.89. The van der Waals surface area contributed by atoms with E-state index in [9.17, 15) is 9.59 Å². The molecule has 0 saturated heterocycles. The molecule has 0 aliphatic carbocycles. The maximum atomic E-state index is 12.1. The average molecular weight is 325 g/mol. The van der Waals surface area contributed by atoms with Crippen LogP contribution in [-0.2, 0) is 11.2 Å². The zero-order valence-electron chi connectivity index (χ0n) is 14.2. The molecule has 1 N–H and O–H groups in total. The highest BCUT2D eigenvalue weighted by molar-refractivity contribution is 5.99. The first-order chi connectivity index (χ1) is 11.6. The molecule has 0 saturated carbocycles. The summed E-state index contributed by atoms with van der Waals surface area (Å²) in [5, 5.41) is 2.86. The quantitative estimate of drug-likeness (QED) is 0.758. The van der Waals surface area contributed by atoms with Gasteiger partial charge >= 0.3 is 0 Å². The fraction of sp³-hybridized carbons (Fsp3) is 0.300. The summed E-state index contributed by atoms with van der Waals surface area (Å²) >= 11 is 0. The predicted octanol–water partition coefficient (Wildman–Crippen LogP) is 3.33. The van der Waals surface area contributed by atoms with E-state index >= 15 is 0 Å². The van der Waals surface area contributed by atoms with Gasteiger partial charge in [-0.1, -0.05) is 36.4 Å². The maximum Gasteiger partial charge on any atom is 0.220 e. The highest BCUT2D eigenvalue weighted by atomic mass is 16.5. The van der Waals surface area contributed by atoms with Crippen molar-refractivity contribution in [1.29, 1.82) is 0 Å². The summed E-state index contributed by atoms with van der Waals surface area (Å²) in [7, 11) is 1.63. The predicted molar refractivity (Wildman–Crippen MR) is 94.5 cm³/mol. The molecule has 0 heterocycles. The van der Waals surface area contributed by atoms with Crippen molar-refractivity contribution in [3.05, 3.63) is 65.2 Å². The molecule has 0 fully saturated rings. The zero-order valence-corrected chi connectivity index (χ0v) is 14.2. The van der Waals surface area contributed by atoms with Crippen molar-refractivity contribution in [2.24, 2.45) is 0 Å². The van der Waals surface area contributed by atoms with Crippen LogP contribution in [0.4, 0.5) is 0 Å². The molecule has 0 aliphatic heterocycles. The summed E-state index contributed by atoms with van der Waals surface area (Å²) in [5.74, 6) is 0.721. The molecule has 0 aromatic heterocycles. The van der Waals surface area contributed by atoms with Gasteiger partial charge in [0.1, 0.15) is 5.75 Å². The number of methoxy groups -OCH3 is 1. The van der Waals surface area contributed by atoms with Gasteiger partial charge in [0.05, 0.1) is 7.11 Å². The van der Waals surface area contributed by atoms with Gasteiger partial charge in [0, 0.05) is 24.9 Å². The van der Waals surface area contributed by atoms with Crippen LogP contribution < -0.4 is 10.1 Å². The lowest BCUT2D eigenvalue weighted by atomic mass is 10.0. The smallest absolute Gasteiger partial charge is 0.220 e. The number of carbonyl (C=O) groups is 2. The van der Waals surface area contributed by atoms with Crippen molar-refractivity contribution in [3.63, 3.8) is 0 Å². The SMILES string of the molecule is COc1cccc(CCNC(=O)CCC(=O)c2ccccc2C)c1. The molecule has 0 radical (unpaired) electrons. The van der Waals surface area contributed by atoms with E-state index in [4.69, 9.17) is 4.74 Å². The number of ether oxygens (including phenoxy) is 1. The molecular weight excluding hydrogens is 302 g/mol. The van der Waals surface area contributed by atoms with E-state index < -0.39 is 0 Å². The Morgan fingerprint density at radius 2 is 1.83 bits per heavy atom. The normalized spacial score (nSPS) is 10.2. The lowest BCUT2D eigenvalue weighted by Gasteiger charge is -2.07. The monoisotopic (exact) mass is 325 g/mol. The van der Waals surface area contributed by atoms with E-state index in [0.717, 1.165) is 23.3 Å². The van der Waals surface area contributed by atoms with Crippen molar-refractivity contribution >= 4 is 11.7 Å². The lowest BCUT2D eigenvalue weighted by molar-refractivity contribution is -0.121. The average Bonchev–Trinajstić information content (AvgIpc) is 2.60. The Labute approximate surface area is 142 Å². The number of hydrogen-bond acceptors (Lipinski definition) is 3. The number of amides is 1. The molecule has 4 heteroatoms. The molecule has 0 unspecified atom stereocenters. The van der Waals surface area contributed by atoms with Crippen LogP contribution in [0.3, 0.4) is 0 Å². The molecular formula is C20H23NO3. The molecule has 0 aliphatic rings. The van der Waals surface area contributed by atoms with Crippen molar-refractivity contribution < 1.29 is 14.3 Å². The summed E-state index contributed by atoms with van der Waals surface area (Å²) in [5.41, 5.74) is 2.74. The number of hydrogen-bond donors (Lipinski definition) is 1. The van der Waals surface area contributed by atoms with Crippen LogP contribution in [0.15, 0.2) is 48.5 Å². The molecule has 24 heavy (non-hydrogen) atoms. The Morgan fingerprint density at radius 1 is 1.04 bits per heavy atom. The van der Waals surface area contributed by atoms with Crippen molar-refractivity contribution in [3.8, 4) is 5.75 Å². The van der Waals surface area contributed by atoms with E-state index in [0.29, 0.717) is 12.1 Å². The molecule has 4 nitrogen and oxygen atoms in total. The molecule has 2 aromatic rings. The summed E-state index contributed by atoms with van der Waals surface area (Å²) in [6, 6.07) is 15.2. The highest BCUT2D eigenvalue weighted by Crippen LogP contribution is 2.13. The van der Waals surface area contributed by atoms with Crippen LogP contribution in [-0.4, -0.2) is 25.3 Å². The first-order valence-electron chi connectivity index (χ1n) is 8.08. The van der Waals surface area contributed by atoms with E-state index in [2.05, 4.69) is 5.32 Å². The van der Waals surface area contributed by atoms with Gasteiger partial charge in [0.15, 0.2) is 5.78 Å². The Hall–Kier alpha value is -2.62. The van der Waals surface area contributed by atoms with Crippen molar-refractivity contribution in [2.75, 3.05) is 13.7 Å². The molecule has 0 bridgehead atoms. The first-order valence-corrected chi connectivity index (χ1v) is 8.08. The van der Waals surface area contributed by atoms with Gasteiger partial charge in [-0.05, 0) is 36.6 Å². The summed E-state index contributed by atoms with van der Waals surface area (Å²) in [6.07, 6.45) is 1.18. The number of carbonyl (C=O) groups excluding carboxylic acids is 2. The Kier molecular flexibility index (Phi) is 6.55. The second-order valence-electron chi connectivity index (χ2n) is 5.69. The Bertz CT molecular complexity index is 710. The third-order valence-corrected chi connectivity index (χ3v) is 3.89. The minimum atomic E-state index is -0.0974. The maximum absolute atomic E-state index is 12.1. The molecule has 2 rings (SSSR count). The second-order valence-corrected chi connectivity index (χ2v) is 5.69. The number of benzene rings is 2. The van der Waals surface area contributed by atoms with Crippen LogP contribution in [0, 0.1) is 6.92 Å². The van der Waals surface area contributed by atoms with Crippen LogP contribution in [0.2, 0.25) is 0 Å². The Morgan fingerprint density at radius 3 is 2.58 bits per heavy atom. The molecule has 1 amide bonds. The number of rotatable bonds is 8. The van der Waals surface area contributed by atoms with Gasteiger partial charge < -0.3 is 10.1 Å². The largest absolute Gasteiger partial charge is 0.497 e. The van der Waals surface area contributed by atoms with Crippen LogP contribution in [0.25, 0.3) is 0 Å². The minimum Gasteiger partial charge on any atom is -0.497 e. The van der Waals surface area contributed by atoms with Crippen molar-refractivity contribution in [1.82, 2.24) is 5.32 Å². The van der Waals surface area contributed by atoms with Crippen LogP contribution >= 0.6 is 0 Å². The Balaban J connectivity index is 1.73. The number of Topliss-reactive ketones (excluding diaryl/α,β-unsaturated/α-hetero) is 1. The molecule has 0 atom stereocenters. The van der Waals surface area contributed by atoms with Gasteiger partial charge in [-0.3, -0.25) is 9.59 Å². The van der Waals surface area contributed by atoms with E-state index in [1.165, 1.54) is 0 Å². The summed E-state index contributed by atoms with van der Waals surface area (Å²) in [4.78, 5) is 24.0. The third kappa shape index (κ3) is 5.23. The number of ketones is 1. The van der Waals surface area contributed by atoms with Crippen LogP contribution in [0.5, 0.6) is 5.75 Å². The van der Waals surface area contributed by atoms with Gasteiger partial charge in [0.25, 0.3) is 0 Å². The number of aryl methyl sites for hydroxylation is 1. The highest BCUT2D eigenvalue weighted by Gasteiger charge is 2.10. The van der Waals surface area contributed by atoms with E-state index in [-0.39, 0.29) is 24.5 Å². The van der Waals surface area contributed by atoms with Gasteiger partial charge in [-0.25, -0.2) is 0 Å². The van der Waals surface area contributed by atoms with Crippen molar-refractivity contribution in [2.45, 2.75) is 26.2 Å². The molecule has 126 valence electrons. The van der Waals surface area contributed by atoms with Gasteiger partial charge in [-0.15, -0.1) is 0 Å². The number of nitrogens with one attached hydrogen (secondary N) is 1. The van der Waals surface area contributed by atoms with Gasteiger partial charge in [-0.2, -0.15) is 0 Å².